The van der Waals surface area contributed by atoms with E-state index < -0.39 is 12.1 Å². The van der Waals surface area contributed by atoms with Gasteiger partial charge in [0, 0.05) is 4.88 Å². The van der Waals surface area contributed by atoms with Crippen LogP contribution in [-0.4, -0.2) is 17.2 Å². The molecule has 0 unspecified atom stereocenters. The van der Waals surface area contributed by atoms with Gasteiger partial charge < -0.3 is 9.84 Å². The lowest BCUT2D eigenvalue weighted by Crippen LogP contribution is -2.15. The minimum Gasteiger partial charge on any atom is -0.478 e. The van der Waals surface area contributed by atoms with E-state index in [1.165, 1.54) is 11.3 Å². The summed E-state index contributed by atoms with van der Waals surface area (Å²) in [6, 6.07) is 9.34. The van der Waals surface area contributed by atoms with Crippen LogP contribution in [0.4, 0.5) is 9.80 Å². The molecule has 0 fully saturated rings. The molecule has 5 nitrogen and oxygen atoms in total. The first-order valence-corrected chi connectivity index (χ1v) is 8.32. The van der Waals surface area contributed by atoms with Gasteiger partial charge in [-0.25, -0.2) is 9.59 Å². The van der Waals surface area contributed by atoms with Gasteiger partial charge >= 0.3 is 12.1 Å². The second-order valence-corrected chi connectivity index (χ2v) is 6.51. The van der Waals surface area contributed by atoms with E-state index in [2.05, 4.69) is 5.32 Å². The molecule has 0 spiro atoms. The van der Waals surface area contributed by atoms with Crippen molar-refractivity contribution in [3.63, 3.8) is 0 Å². The molecule has 120 valence electrons. The Bertz CT molecular complexity index is 724. The maximum atomic E-state index is 12.0. The molecule has 0 aliphatic heterocycles. The summed E-state index contributed by atoms with van der Waals surface area (Å²) >= 11 is 1.35. The largest absolute Gasteiger partial charge is 0.478 e. The molecule has 6 heteroatoms. The van der Waals surface area contributed by atoms with E-state index in [0.717, 1.165) is 41.7 Å². The first-order valence-electron chi connectivity index (χ1n) is 7.50. The number of hydrogen-bond donors (Lipinski definition) is 2. The second kappa shape index (κ2) is 6.83. The summed E-state index contributed by atoms with van der Waals surface area (Å²) in [5.74, 6) is -0.997. The predicted octanol–water partition coefficient (Wildman–Crippen LogP) is 4.07. The number of ether oxygens (including phenoxy) is 1. The molecule has 1 heterocycles. The molecule has 0 bridgehead atoms. The van der Waals surface area contributed by atoms with Gasteiger partial charge in [-0.15, -0.1) is 11.3 Å². The third-order valence-electron chi connectivity index (χ3n) is 3.81. The van der Waals surface area contributed by atoms with E-state index in [4.69, 9.17) is 4.74 Å². The third-order valence-corrected chi connectivity index (χ3v) is 5.02. The third kappa shape index (κ3) is 3.53. The number of aromatic carboxylic acids is 1. The minimum atomic E-state index is -0.997. The normalized spacial score (nSPS) is 13.2. The Morgan fingerprint density at radius 2 is 1.91 bits per heavy atom. The number of benzene rings is 1. The Kier molecular flexibility index (Phi) is 4.62. The Balaban J connectivity index is 1.71. The molecule has 1 aliphatic carbocycles. The molecule has 3 rings (SSSR count). The summed E-state index contributed by atoms with van der Waals surface area (Å²) in [4.78, 5) is 24.5. The van der Waals surface area contributed by atoms with Crippen LogP contribution in [0.2, 0.25) is 0 Å². The Morgan fingerprint density at radius 3 is 2.65 bits per heavy atom. The van der Waals surface area contributed by atoms with Gasteiger partial charge in [0.2, 0.25) is 0 Å². The number of carbonyl (C=O) groups excluding carboxylic acids is 1. The summed E-state index contributed by atoms with van der Waals surface area (Å²) in [7, 11) is 0. The molecule has 0 saturated heterocycles. The molecule has 2 N–H and O–H groups in total. The molecule has 1 aromatic heterocycles. The molecule has 1 aromatic carbocycles. The van der Waals surface area contributed by atoms with Crippen LogP contribution in [0.25, 0.3) is 0 Å². The maximum absolute atomic E-state index is 12.0. The molecule has 1 aliphatic rings. The molecule has 0 saturated carbocycles. The first kappa shape index (κ1) is 15.6. The molecular weight excluding hydrogens is 314 g/mol. The van der Waals surface area contributed by atoms with Gasteiger partial charge in [0.25, 0.3) is 0 Å². The van der Waals surface area contributed by atoms with Crippen LogP contribution in [0.15, 0.2) is 30.3 Å². The fourth-order valence-corrected chi connectivity index (χ4v) is 4.00. The summed E-state index contributed by atoms with van der Waals surface area (Å²) in [5, 5.41) is 12.4. The smallest absolute Gasteiger partial charge is 0.412 e. The highest BCUT2D eigenvalue weighted by atomic mass is 32.1. The predicted molar refractivity (Wildman–Crippen MR) is 88.2 cm³/mol. The van der Waals surface area contributed by atoms with Gasteiger partial charge in [-0.3, -0.25) is 5.32 Å². The number of aryl methyl sites for hydroxylation is 1. The van der Waals surface area contributed by atoms with E-state index in [9.17, 15) is 14.7 Å². The summed E-state index contributed by atoms with van der Waals surface area (Å²) in [6.07, 6.45) is 3.05. The van der Waals surface area contributed by atoms with Crippen LogP contribution >= 0.6 is 11.3 Å². The Hall–Kier alpha value is -2.34. The number of carboxylic acids is 1. The monoisotopic (exact) mass is 331 g/mol. The highest BCUT2D eigenvalue weighted by Gasteiger charge is 2.26. The van der Waals surface area contributed by atoms with Crippen LogP contribution in [0.5, 0.6) is 0 Å². The zero-order chi connectivity index (χ0) is 16.2. The van der Waals surface area contributed by atoms with Crippen LogP contribution in [-0.2, 0) is 24.2 Å². The number of rotatable bonds is 4. The van der Waals surface area contributed by atoms with Crippen LogP contribution in [0, 0.1) is 0 Å². The van der Waals surface area contributed by atoms with Crippen molar-refractivity contribution in [2.45, 2.75) is 32.3 Å². The number of nitrogens with one attached hydrogen (secondary N) is 1. The fraction of sp³-hybridized carbons (Fsp3) is 0.294. The van der Waals surface area contributed by atoms with Gasteiger partial charge in [-0.1, -0.05) is 30.3 Å². The van der Waals surface area contributed by atoms with E-state index in [0.29, 0.717) is 5.00 Å². The number of carbonyl (C=O) groups is 2. The quantitative estimate of drug-likeness (QED) is 0.885. The van der Waals surface area contributed by atoms with Crippen molar-refractivity contribution >= 4 is 28.4 Å². The molecule has 1 amide bonds. The van der Waals surface area contributed by atoms with Crippen molar-refractivity contribution in [1.29, 1.82) is 0 Å². The Labute approximate surface area is 137 Å². The van der Waals surface area contributed by atoms with Gasteiger partial charge in [0.1, 0.15) is 11.6 Å². The zero-order valence-electron chi connectivity index (χ0n) is 12.5. The topological polar surface area (TPSA) is 75.6 Å². The highest BCUT2D eigenvalue weighted by Crippen LogP contribution is 2.38. The summed E-state index contributed by atoms with van der Waals surface area (Å²) in [6.45, 7) is 0.153. The van der Waals surface area contributed by atoms with Crippen molar-refractivity contribution in [2.75, 3.05) is 5.32 Å². The highest BCUT2D eigenvalue weighted by molar-refractivity contribution is 7.17. The maximum Gasteiger partial charge on any atom is 0.412 e. The van der Waals surface area contributed by atoms with Crippen molar-refractivity contribution in [3.05, 3.63) is 51.9 Å². The van der Waals surface area contributed by atoms with E-state index >= 15 is 0 Å². The van der Waals surface area contributed by atoms with Gasteiger partial charge in [0.15, 0.2) is 0 Å². The summed E-state index contributed by atoms with van der Waals surface area (Å²) in [5.41, 5.74) is 1.97. The molecule has 2 aromatic rings. The number of anilines is 1. The minimum absolute atomic E-state index is 0.153. The van der Waals surface area contributed by atoms with Crippen molar-refractivity contribution in [2.24, 2.45) is 0 Å². The number of amides is 1. The fourth-order valence-electron chi connectivity index (χ4n) is 2.73. The SMILES string of the molecule is O=C(Nc1sc2c(c1C(=O)O)CCCC2)OCc1ccccc1. The van der Waals surface area contributed by atoms with Crippen LogP contribution in [0.1, 0.15) is 39.2 Å². The first-order chi connectivity index (χ1) is 11.1. The lowest BCUT2D eigenvalue weighted by molar-refractivity contribution is 0.0697. The van der Waals surface area contributed by atoms with Crippen molar-refractivity contribution in [3.8, 4) is 0 Å². The number of hydrogen-bond acceptors (Lipinski definition) is 4. The van der Waals surface area contributed by atoms with Crippen molar-refractivity contribution in [1.82, 2.24) is 0 Å². The molecule has 0 atom stereocenters. The summed E-state index contributed by atoms with van der Waals surface area (Å²) < 4.78 is 5.16. The van der Waals surface area contributed by atoms with Crippen LogP contribution < -0.4 is 5.32 Å². The van der Waals surface area contributed by atoms with E-state index in [1.807, 2.05) is 30.3 Å². The van der Waals surface area contributed by atoms with Crippen LogP contribution in [0.3, 0.4) is 0 Å². The molecular formula is C17H17NO4S. The molecule has 23 heavy (non-hydrogen) atoms. The van der Waals surface area contributed by atoms with Gasteiger partial charge in [-0.05, 0) is 36.8 Å². The average molecular weight is 331 g/mol. The van der Waals surface area contributed by atoms with E-state index in [-0.39, 0.29) is 12.2 Å². The number of fused-ring (bicyclic) bond motifs is 1. The zero-order valence-corrected chi connectivity index (χ0v) is 13.3. The van der Waals surface area contributed by atoms with Gasteiger partial charge in [0.05, 0.1) is 5.56 Å². The Morgan fingerprint density at radius 1 is 1.17 bits per heavy atom. The lowest BCUT2D eigenvalue weighted by atomic mass is 9.95. The van der Waals surface area contributed by atoms with Crippen molar-refractivity contribution < 1.29 is 19.4 Å². The number of thiophene rings is 1. The van der Waals surface area contributed by atoms with Gasteiger partial charge in [-0.2, -0.15) is 0 Å². The molecule has 0 radical (unpaired) electrons. The number of carboxylic acid groups (broad SMARTS) is 1. The van der Waals surface area contributed by atoms with E-state index in [1.54, 1.807) is 0 Å². The average Bonchev–Trinajstić information content (AvgIpc) is 2.91. The standard InChI is InChI=1S/C17H17NO4S/c19-16(20)14-12-8-4-5-9-13(12)23-15(14)18-17(21)22-10-11-6-2-1-3-7-11/h1-3,6-7H,4-5,8-10H2,(H,18,21)(H,19,20). The lowest BCUT2D eigenvalue weighted by Gasteiger charge is -2.10. The second-order valence-electron chi connectivity index (χ2n) is 5.41.